The molecule has 242 valence electrons. The van der Waals surface area contributed by atoms with E-state index >= 15 is 0 Å². The highest BCUT2D eigenvalue weighted by atomic mass is 16.5. The number of benzene rings is 2. The van der Waals surface area contributed by atoms with Crippen molar-refractivity contribution in [2.45, 2.75) is 63.6 Å². The van der Waals surface area contributed by atoms with Gasteiger partial charge in [-0.2, -0.15) is 0 Å². The number of ether oxygens (including phenoxy) is 1. The number of aliphatic hydroxyl groups excluding tert-OH is 1. The van der Waals surface area contributed by atoms with Gasteiger partial charge in [-0.15, -0.1) is 18.3 Å². The molecular formula is C35H42N6O5. The maximum absolute atomic E-state index is 14.9. The number of carbonyl (C=O) groups is 3. The summed E-state index contributed by atoms with van der Waals surface area (Å²) in [5, 5.41) is 19.2. The lowest BCUT2D eigenvalue weighted by atomic mass is 9.70. The lowest BCUT2D eigenvalue weighted by Crippen LogP contribution is -2.60. The van der Waals surface area contributed by atoms with Gasteiger partial charge in [-0.25, -0.2) is 4.68 Å². The lowest BCUT2D eigenvalue weighted by molar-refractivity contribution is -0.153. The van der Waals surface area contributed by atoms with Gasteiger partial charge >= 0.3 is 0 Å². The van der Waals surface area contributed by atoms with Crippen LogP contribution >= 0.6 is 0 Å². The van der Waals surface area contributed by atoms with Crippen LogP contribution in [0.3, 0.4) is 0 Å². The van der Waals surface area contributed by atoms with Gasteiger partial charge in [0.05, 0.1) is 36.1 Å². The second kappa shape index (κ2) is 12.8. The van der Waals surface area contributed by atoms with Crippen LogP contribution in [0.15, 0.2) is 79.9 Å². The third kappa shape index (κ3) is 5.02. The van der Waals surface area contributed by atoms with Crippen molar-refractivity contribution in [3.05, 3.63) is 79.9 Å². The average Bonchev–Trinajstić information content (AvgIpc) is 3.83. The van der Waals surface area contributed by atoms with E-state index < -0.39 is 35.6 Å². The number of likely N-dealkylation sites (tertiary alicyclic amines) is 1. The Hall–Kier alpha value is -4.35. The molecule has 0 saturated carbocycles. The molecule has 3 aliphatic heterocycles. The topological polar surface area (TPSA) is 121 Å². The maximum Gasteiger partial charge on any atom is 0.250 e. The average molecular weight is 627 g/mol. The summed E-state index contributed by atoms with van der Waals surface area (Å²) in [4.78, 5) is 48.9. The zero-order chi connectivity index (χ0) is 32.6. The van der Waals surface area contributed by atoms with Crippen LogP contribution in [0, 0.1) is 17.8 Å². The zero-order valence-electron chi connectivity index (χ0n) is 26.4. The number of nitrogens with zero attached hydrogens (tertiary/aromatic N) is 6. The Bertz CT molecular complexity index is 1630. The molecule has 4 heterocycles. The first-order valence-corrected chi connectivity index (χ1v) is 16.1. The number of anilines is 1. The molecule has 6 rings (SSSR count). The number of carbonyl (C=O) groups excluding carboxylic acids is 3. The molecule has 2 bridgehead atoms. The van der Waals surface area contributed by atoms with Crippen LogP contribution in [0.1, 0.15) is 33.1 Å². The van der Waals surface area contributed by atoms with E-state index in [2.05, 4.69) is 23.5 Å². The first-order chi connectivity index (χ1) is 22.3. The Kier molecular flexibility index (Phi) is 8.80. The summed E-state index contributed by atoms with van der Waals surface area (Å²) < 4.78 is 8.38. The molecule has 3 aliphatic rings. The van der Waals surface area contributed by atoms with E-state index in [1.807, 2.05) is 68.4 Å². The van der Waals surface area contributed by atoms with Crippen LogP contribution in [0.25, 0.3) is 11.0 Å². The highest BCUT2D eigenvalue weighted by Crippen LogP contribution is 2.59. The molecule has 1 spiro atoms. The Morgan fingerprint density at radius 1 is 1.11 bits per heavy atom. The van der Waals surface area contributed by atoms with Gasteiger partial charge in [0.2, 0.25) is 17.7 Å². The van der Waals surface area contributed by atoms with Gasteiger partial charge in [-0.05, 0) is 43.0 Å². The summed E-state index contributed by atoms with van der Waals surface area (Å²) in [6, 6.07) is 15.1. The van der Waals surface area contributed by atoms with Crippen molar-refractivity contribution in [1.82, 2.24) is 24.8 Å². The molecule has 1 N–H and O–H groups in total. The third-order valence-corrected chi connectivity index (χ3v) is 10.1. The first-order valence-electron chi connectivity index (χ1n) is 16.1. The Morgan fingerprint density at radius 3 is 2.52 bits per heavy atom. The number of para-hydroxylation sites is 2. The van der Waals surface area contributed by atoms with Gasteiger partial charge in [0.1, 0.15) is 23.8 Å². The van der Waals surface area contributed by atoms with Crippen LogP contribution in [-0.4, -0.2) is 91.1 Å². The number of aromatic nitrogens is 3. The summed E-state index contributed by atoms with van der Waals surface area (Å²) in [5.41, 5.74) is 0.938. The van der Waals surface area contributed by atoms with Crippen LogP contribution in [0.5, 0.6) is 0 Å². The minimum absolute atomic E-state index is 0.0741. The van der Waals surface area contributed by atoms with Crippen LogP contribution in [-0.2, 0) is 25.8 Å². The molecule has 3 saturated heterocycles. The third-order valence-electron chi connectivity index (χ3n) is 10.1. The highest BCUT2D eigenvalue weighted by Gasteiger charge is 2.75. The molecule has 11 heteroatoms. The molecule has 2 aromatic carbocycles. The first kappa shape index (κ1) is 31.6. The summed E-state index contributed by atoms with van der Waals surface area (Å²) in [7, 11) is 0. The summed E-state index contributed by atoms with van der Waals surface area (Å²) in [6.45, 7) is 11.9. The van der Waals surface area contributed by atoms with Crippen molar-refractivity contribution in [3.8, 4) is 0 Å². The van der Waals surface area contributed by atoms with E-state index in [-0.39, 0.29) is 50.0 Å². The van der Waals surface area contributed by atoms with E-state index in [1.54, 1.807) is 31.5 Å². The van der Waals surface area contributed by atoms with E-state index in [4.69, 9.17) is 4.74 Å². The monoisotopic (exact) mass is 626 g/mol. The van der Waals surface area contributed by atoms with E-state index in [1.165, 1.54) is 0 Å². The van der Waals surface area contributed by atoms with E-state index in [0.717, 1.165) is 5.52 Å². The predicted octanol–water partition coefficient (Wildman–Crippen LogP) is 3.40. The molecular weight excluding hydrogens is 584 g/mol. The van der Waals surface area contributed by atoms with Crippen LogP contribution in [0.4, 0.5) is 5.69 Å². The number of amides is 3. The second-order valence-electron chi connectivity index (χ2n) is 12.6. The molecule has 1 aromatic heterocycles. The molecule has 11 nitrogen and oxygen atoms in total. The van der Waals surface area contributed by atoms with Crippen molar-refractivity contribution in [3.63, 3.8) is 0 Å². The van der Waals surface area contributed by atoms with E-state index in [9.17, 15) is 19.5 Å². The summed E-state index contributed by atoms with van der Waals surface area (Å²) in [6.07, 6.45) is 4.45. The molecule has 46 heavy (non-hydrogen) atoms. The highest BCUT2D eigenvalue weighted by molar-refractivity contribution is 6.03. The largest absolute Gasteiger partial charge is 0.394 e. The number of aliphatic hydroxyl groups is 1. The molecule has 3 fully saturated rings. The zero-order valence-corrected chi connectivity index (χ0v) is 26.4. The minimum Gasteiger partial charge on any atom is -0.394 e. The quantitative estimate of drug-likeness (QED) is 0.289. The SMILES string of the molecule is C=CCN(Cn1nnc2ccccc21)C(=O)C1N([C@@H](CO)[C@@H](C)CC)C(=O)[C@@H]2[C@H](C(=O)N(CC=C)c3ccccc3)[C@@H]3CCC12O3. The molecule has 0 aliphatic carbocycles. The lowest BCUT2D eigenvalue weighted by Gasteiger charge is -2.40. The fraction of sp³-hybridized carbons (Fsp3) is 0.457. The predicted molar refractivity (Wildman–Crippen MR) is 173 cm³/mol. The normalized spacial score (nSPS) is 26.2. The molecule has 3 aromatic rings. The molecule has 2 unspecified atom stereocenters. The fourth-order valence-electron chi connectivity index (χ4n) is 7.79. The van der Waals surface area contributed by atoms with Gasteiger partial charge in [0, 0.05) is 18.8 Å². The molecule has 0 radical (unpaired) electrons. The second-order valence-corrected chi connectivity index (χ2v) is 12.6. The van der Waals surface area contributed by atoms with Crippen molar-refractivity contribution in [1.29, 1.82) is 0 Å². The van der Waals surface area contributed by atoms with Crippen molar-refractivity contribution >= 4 is 34.4 Å². The summed E-state index contributed by atoms with van der Waals surface area (Å²) in [5.74, 6) is -2.67. The van der Waals surface area contributed by atoms with Gasteiger partial charge in [0.15, 0.2) is 0 Å². The van der Waals surface area contributed by atoms with Gasteiger partial charge < -0.3 is 24.5 Å². The van der Waals surface area contributed by atoms with Crippen molar-refractivity contribution < 1.29 is 24.2 Å². The van der Waals surface area contributed by atoms with Crippen LogP contribution < -0.4 is 4.90 Å². The minimum atomic E-state index is -1.22. The summed E-state index contributed by atoms with van der Waals surface area (Å²) >= 11 is 0. The van der Waals surface area contributed by atoms with E-state index in [0.29, 0.717) is 30.5 Å². The molecule has 7 atom stereocenters. The Balaban J connectivity index is 1.42. The van der Waals surface area contributed by atoms with Crippen LogP contribution in [0.2, 0.25) is 0 Å². The number of fused-ring (bicyclic) bond motifs is 2. The Morgan fingerprint density at radius 2 is 1.83 bits per heavy atom. The Labute approximate surface area is 269 Å². The fourth-order valence-corrected chi connectivity index (χ4v) is 7.79. The van der Waals surface area contributed by atoms with Crippen molar-refractivity contribution in [2.24, 2.45) is 17.8 Å². The van der Waals surface area contributed by atoms with Crippen molar-refractivity contribution in [2.75, 3.05) is 24.6 Å². The van der Waals surface area contributed by atoms with Gasteiger partial charge in [-0.1, -0.05) is 68.0 Å². The number of hydrogen-bond acceptors (Lipinski definition) is 7. The standard InChI is InChI=1S/C35H42N6O5/c1-5-19-38(22-40-26-16-12-11-15-25(26)36-37-40)34(45)31-35-18-17-28(46-35)29(30(35)33(44)41(31)27(21-42)23(4)7-3)32(43)39(20-6-2)24-13-9-8-10-14-24/h5-6,8-16,23,27-31,42H,1-2,7,17-22H2,3-4H3/t23-,27-,28-,29+,30-,31?,35?/m0/s1. The van der Waals surface area contributed by atoms with Gasteiger partial charge in [0.25, 0.3) is 0 Å². The number of rotatable bonds is 13. The van der Waals surface area contributed by atoms with Gasteiger partial charge in [-0.3, -0.25) is 14.4 Å². The number of hydrogen-bond donors (Lipinski definition) is 1. The molecule has 3 amide bonds. The smallest absolute Gasteiger partial charge is 0.250 e. The maximum atomic E-state index is 14.9.